The van der Waals surface area contributed by atoms with Crippen molar-refractivity contribution in [3.8, 4) is 0 Å². The second-order valence-corrected chi connectivity index (χ2v) is 3.66. The fourth-order valence-electron chi connectivity index (χ4n) is 1.57. The average molecular weight is 251 g/mol. The van der Waals surface area contributed by atoms with Crippen LogP contribution in [0.2, 0.25) is 0 Å². The van der Waals surface area contributed by atoms with E-state index in [4.69, 9.17) is 0 Å². The molecular weight excluding hydrogens is 232 g/mol. The van der Waals surface area contributed by atoms with Crippen LogP contribution in [-0.2, 0) is 14.3 Å². The van der Waals surface area contributed by atoms with Gasteiger partial charge in [-0.1, -0.05) is 0 Å². The zero-order valence-electron chi connectivity index (χ0n) is 9.45. The summed E-state index contributed by atoms with van der Waals surface area (Å²) in [7, 11) is 1.37. The first-order valence-corrected chi connectivity index (χ1v) is 5.29. The molecule has 94 valence electrons. The van der Waals surface area contributed by atoms with Crippen LogP contribution < -0.4 is 10.6 Å². The van der Waals surface area contributed by atoms with Gasteiger partial charge in [-0.2, -0.15) is 0 Å². The molecule has 0 saturated carbocycles. The lowest BCUT2D eigenvalue weighted by atomic mass is 10.1. The number of hydrogen-bond acceptors (Lipinski definition) is 4. The van der Waals surface area contributed by atoms with Gasteiger partial charge in [0.25, 0.3) is 0 Å². The summed E-state index contributed by atoms with van der Waals surface area (Å²) in [5.74, 6) is -0.0419. The van der Waals surface area contributed by atoms with Crippen LogP contribution in [0.25, 0.3) is 0 Å². The third-order valence-corrected chi connectivity index (χ3v) is 2.52. The molecule has 6 heteroatoms. The Kier molecular flexibility index (Phi) is 7.93. The molecule has 1 heterocycles. The van der Waals surface area contributed by atoms with E-state index >= 15 is 0 Å². The molecule has 1 atom stereocenters. The Balaban J connectivity index is 0.00000225. The standard InChI is InChI=1S/C10H18N2O3.ClH/c1-15-9(13)3-2-5-12-10(14)8-4-6-11-7-8;/h8,11H,2-7H2,1H3,(H,12,14);1H. The monoisotopic (exact) mass is 250 g/mol. The fourth-order valence-corrected chi connectivity index (χ4v) is 1.57. The minimum Gasteiger partial charge on any atom is -0.469 e. The molecule has 1 aliphatic rings. The number of carbonyl (C=O) groups is 2. The van der Waals surface area contributed by atoms with E-state index in [1.807, 2.05) is 0 Å². The number of methoxy groups -OCH3 is 1. The maximum atomic E-state index is 11.5. The van der Waals surface area contributed by atoms with Crippen LogP contribution in [0, 0.1) is 5.92 Å². The number of halogens is 1. The number of nitrogens with one attached hydrogen (secondary N) is 2. The molecule has 0 aromatic heterocycles. The van der Waals surface area contributed by atoms with Gasteiger partial charge >= 0.3 is 5.97 Å². The lowest BCUT2D eigenvalue weighted by molar-refractivity contribution is -0.140. The number of amides is 1. The van der Waals surface area contributed by atoms with Gasteiger partial charge in [0.1, 0.15) is 0 Å². The largest absolute Gasteiger partial charge is 0.469 e. The smallest absolute Gasteiger partial charge is 0.305 e. The summed E-state index contributed by atoms with van der Waals surface area (Å²) in [6.45, 7) is 2.23. The predicted octanol–water partition coefficient (Wildman–Crippen LogP) is 0.0871. The van der Waals surface area contributed by atoms with Gasteiger partial charge in [-0.05, 0) is 19.4 Å². The molecule has 1 aliphatic heterocycles. The van der Waals surface area contributed by atoms with Crippen LogP contribution in [0.15, 0.2) is 0 Å². The van der Waals surface area contributed by atoms with Crippen LogP contribution >= 0.6 is 12.4 Å². The van der Waals surface area contributed by atoms with E-state index in [1.165, 1.54) is 7.11 Å². The third-order valence-electron chi connectivity index (χ3n) is 2.52. The summed E-state index contributed by atoms with van der Waals surface area (Å²) in [6.07, 6.45) is 1.90. The molecule has 5 nitrogen and oxygen atoms in total. The van der Waals surface area contributed by atoms with Crippen LogP contribution in [0.3, 0.4) is 0 Å². The van der Waals surface area contributed by atoms with Gasteiger partial charge in [0, 0.05) is 19.5 Å². The molecule has 0 aromatic carbocycles. The van der Waals surface area contributed by atoms with E-state index in [1.54, 1.807) is 0 Å². The molecular formula is C10H19ClN2O3. The normalized spacial score (nSPS) is 18.7. The first-order chi connectivity index (χ1) is 7.24. The minimum atomic E-state index is -0.230. The molecule has 2 N–H and O–H groups in total. The van der Waals surface area contributed by atoms with Crippen molar-refractivity contribution < 1.29 is 14.3 Å². The number of ether oxygens (including phenoxy) is 1. The van der Waals surface area contributed by atoms with Gasteiger partial charge in [0.15, 0.2) is 0 Å². The first kappa shape index (κ1) is 15.2. The molecule has 1 saturated heterocycles. The Bertz CT molecular complexity index is 230. The highest BCUT2D eigenvalue weighted by Gasteiger charge is 2.21. The van der Waals surface area contributed by atoms with Crippen molar-refractivity contribution in [2.75, 3.05) is 26.7 Å². The number of rotatable bonds is 5. The summed E-state index contributed by atoms with van der Waals surface area (Å²) < 4.78 is 4.50. The Hall–Kier alpha value is -0.810. The molecule has 0 radical (unpaired) electrons. The molecule has 16 heavy (non-hydrogen) atoms. The molecule has 1 unspecified atom stereocenters. The second-order valence-electron chi connectivity index (χ2n) is 3.66. The molecule has 0 spiro atoms. The fraction of sp³-hybridized carbons (Fsp3) is 0.800. The van der Waals surface area contributed by atoms with Crippen molar-refractivity contribution in [1.82, 2.24) is 10.6 Å². The number of esters is 1. The molecule has 0 aromatic rings. The number of carbonyl (C=O) groups excluding carboxylic acids is 2. The van der Waals surface area contributed by atoms with E-state index in [0.29, 0.717) is 19.4 Å². The van der Waals surface area contributed by atoms with Crippen LogP contribution in [0.4, 0.5) is 0 Å². The lowest BCUT2D eigenvalue weighted by Gasteiger charge is -2.09. The van der Waals surface area contributed by atoms with E-state index in [0.717, 1.165) is 19.5 Å². The van der Waals surface area contributed by atoms with Gasteiger partial charge in [-0.15, -0.1) is 12.4 Å². The van der Waals surface area contributed by atoms with E-state index < -0.39 is 0 Å². The van der Waals surface area contributed by atoms with Crippen molar-refractivity contribution in [2.45, 2.75) is 19.3 Å². The highest BCUT2D eigenvalue weighted by Crippen LogP contribution is 2.06. The molecule has 1 fully saturated rings. The topological polar surface area (TPSA) is 67.4 Å². The SMILES string of the molecule is COC(=O)CCCNC(=O)C1CCNC1.Cl. The zero-order chi connectivity index (χ0) is 11.1. The number of hydrogen-bond donors (Lipinski definition) is 2. The maximum Gasteiger partial charge on any atom is 0.305 e. The lowest BCUT2D eigenvalue weighted by Crippen LogP contribution is -2.32. The molecule has 0 bridgehead atoms. The van der Waals surface area contributed by atoms with Crippen LogP contribution in [0.5, 0.6) is 0 Å². The van der Waals surface area contributed by atoms with Crippen molar-refractivity contribution >= 4 is 24.3 Å². The Morgan fingerprint density at radius 2 is 2.25 bits per heavy atom. The first-order valence-electron chi connectivity index (χ1n) is 5.29. The average Bonchev–Trinajstić information content (AvgIpc) is 2.77. The van der Waals surface area contributed by atoms with E-state index in [9.17, 15) is 9.59 Å². The van der Waals surface area contributed by atoms with Crippen molar-refractivity contribution in [3.63, 3.8) is 0 Å². The zero-order valence-corrected chi connectivity index (χ0v) is 10.3. The highest BCUT2D eigenvalue weighted by molar-refractivity contribution is 5.85. The molecule has 1 amide bonds. The Morgan fingerprint density at radius 3 is 2.81 bits per heavy atom. The Morgan fingerprint density at radius 1 is 1.50 bits per heavy atom. The quantitative estimate of drug-likeness (QED) is 0.536. The van der Waals surface area contributed by atoms with Crippen LogP contribution in [0.1, 0.15) is 19.3 Å². The van der Waals surface area contributed by atoms with Gasteiger partial charge in [0.2, 0.25) is 5.91 Å². The van der Waals surface area contributed by atoms with Gasteiger partial charge in [-0.25, -0.2) is 0 Å². The van der Waals surface area contributed by atoms with Gasteiger partial charge < -0.3 is 15.4 Å². The van der Waals surface area contributed by atoms with Crippen molar-refractivity contribution in [1.29, 1.82) is 0 Å². The van der Waals surface area contributed by atoms with E-state index in [-0.39, 0.29) is 30.2 Å². The highest BCUT2D eigenvalue weighted by atomic mass is 35.5. The third kappa shape index (κ3) is 5.32. The molecule has 0 aliphatic carbocycles. The summed E-state index contributed by atoms with van der Waals surface area (Å²) >= 11 is 0. The van der Waals surface area contributed by atoms with Crippen molar-refractivity contribution in [2.24, 2.45) is 5.92 Å². The summed E-state index contributed by atoms with van der Waals surface area (Å²) in [4.78, 5) is 22.3. The summed E-state index contributed by atoms with van der Waals surface area (Å²) in [5, 5.41) is 5.95. The van der Waals surface area contributed by atoms with Gasteiger partial charge in [0.05, 0.1) is 13.0 Å². The van der Waals surface area contributed by atoms with Crippen LogP contribution in [-0.4, -0.2) is 38.6 Å². The van der Waals surface area contributed by atoms with E-state index in [2.05, 4.69) is 15.4 Å². The van der Waals surface area contributed by atoms with Gasteiger partial charge in [-0.3, -0.25) is 9.59 Å². The predicted molar refractivity (Wildman–Crippen MR) is 62.5 cm³/mol. The summed E-state index contributed by atoms with van der Waals surface area (Å²) in [6, 6.07) is 0. The maximum absolute atomic E-state index is 11.5. The van der Waals surface area contributed by atoms with Crippen molar-refractivity contribution in [3.05, 3.63) is 0 Å². The summed E-state index contributed by atoms with van der Waals surface area (Å²) in [5.41, 5.74) is 0. The second kappa shape index (κ2) is 8.35. The minimum absolute atomic E-state index is 0. The Labute approximate surface area is 102 Å². The molecule has 1 rings (SSSR count).